The van der Waals surface area contributed by atoms with E-state index < -0.39 is 0 Å². The average Bonchev–Trinajstić information content (AvgIpc) is 2.96. The zero-order valence-electron chi connectivity index (χ0n) is 14.0. The number of carbonyl (C=O) groups excluding carboxylic acids is 1. The molecule has 1 amide bonds. The van der Waals surface area contributed by atoms with Crippen LogP contribution in [0.5, 0.6) is 0 Å². The van der Waals surface area contributed by atoms with Crippen molar-refractivity contribution < 1.29 is 4.79 Å². The fourth-order valence-electron chi connectivity index (χ4n) is 2.85. The number of nitrogens with two attached hydrogens (primary N) is 1. The van der Waals surface area contributed by atoms with Crippen molar-refractivity contribution in [2.75, 3.05) is 23.7 Å². The van der Waals surface area contributed by atoms with Gasteiger partial charge in [-0.2, -0.15) is 11.8 Å². The quantitative estimate of drug-likeness (QED) is 0.871. The maximum atomic E-state index is 11.0. The van der Waals surface area contributed by atoms with Crippen LogP contribution < -0.4 is 10.6 Å². The van der Waals surface area contributed by atoms with Crippen molar-refractivity contribution in [3.05, 3.63) is 35.4 Å². The van der Waals surface area contributed by atoms with Crippen molar-refractivity contribution in [2.45, 2.75) is 31.6 Å². The molecule has 2 heterocycles. The summed E-state index contributed by atoms with van der Waals surface area (Å²) >= 11 is 1.98. The Labute approximate surface area is 145 Å². The van der Waals surface area contributed by atoms with E-state index in [0.717, 1.165) is 35.9 Å². The minimum Gasteiger partial charge on any atom is -0.369 e. The van der Waals surface area contributed by atoms with E-state index in [2.05, 4.69) is 34.3 Å². The summed E-state index contributed by atoms with van der Waals surface area (Å²) < 4.78 is 2.03. The molecule has 1 aliphatic rings. The molecule has 0 radical (unpaired) electrons. The highest BCUT2D eigenvalue weighted by Gasteiger charge is 2.29. The monoisotopic (exact) mass is 346 g/mol. The second kappa shape index (κ2) is 6.80. The Kier molecular flexibility index (Phi) is 4.75. The van der Waals surface area contributed by atoms with Crippen LogP contribution in [0.3, 0.4) is 0 Å². The maximum Gasteiger partial charge on any atom is 0.245 e. The number of nitrogens with zero attached hydrogens (tertiary/aromatic N) is 5. The predicted octanol–water partition coefficient (Wildman–Crippen LogP) is 1.08. The molecule has 1 aromatic heterocycles. The van der Waals surface area contributed by atoms with Gasteiger partial charge in [-0.25, -0.2) is 4.68 Å². The van der Waals surface area contributed by atoms with Crippen LogP contribution in [0, 0.1) is 0 Å². The number of benzene rings is 1. The van der Waals surface area contributed by atoms with Crippen molar-refractivity contribution in [1.29, 1.82) is 0 Å². The van der Waals surface area contributed by atoms with Gasteiger partial charge in [0.25, 0.3) is 0 Å². The minimum absolute atomic E-state index is 0.200. The second-order valence-electron chi connectivity index (χ2n) is 6.63. The lowest BCUT2D eigenvalue weighted by atomic mass is 10.1. The van der Waals surface area contributed by atoms with Gasteiger partial charge in [-0.05, 0) is 35.4 Å². The normalized spacial score (nSPS) is 17.0. The van der Waals surface area contributed by atoms with Crippen molar-refractivity contribution in [2.24, 2.45) is 5.73 Å². The number of anilines is 1. The first-order chi connectivity index (χ1) is 11.4. The molecule has 2 N–H and O–H groups in total. The van der Waals surface area contributed by atoms with Crippen LogP contribution in [0.1, 0.15) is 25.0 Å². The molecule has 128 valence electrons. The van der Waals surface area contributed by atoms with Gasteiger partial charge < -0.3 is 10.6 Å². The zero-order valence-corrected chi connectivity index (χ0v) is 14.8. The van der Waals surface area contributed by atoms with Gasteiger partial charge in [0.15, 0.2) is 0 Å². The lowest BCUT2D eigenvalue weighted by Gasteiger charge is -2.37. The molecule has 0 aliphatic carbocycles. The molecule has 24 heavy (non-hydrogen) atoms. The third kappa shape index (κ3) is 4.05. The third-order valence-corrected chi connectivity index (χ3v) is 5.25. The Balaban J connectivity index is 1.72. The fraction of sp³-hybridized carbons (Fsp3) is 0.500. The summed E-state index contributed by atoms with van der Waals surface area (Å²) in [6.45, 7) is 6.97. The molecule has 0 bridgehead atoms. The summed E-state index contributed by atoms with van der Waals surface area (Å²) in [4.78, 5) is 13.2. The van der Waals surface area contributed by atoms with E-state index in [1.54, 1.807) is 0 Å². The molecule has 1 aromatic carbocycles. The Morgan fingerprint density at radius 1 is 1.29 bits per heavy atom. The Bertz CT molecular complexity index is 712. The first-order valence-corrected chi connectivity index (χ1v) is 8.93. The number of carbonyl (C=O) groups is 1. The van der Waals surface area contributed by atoms with E-state index in [4.69, 9.17) is 5.73 Å². The number of rotatable bonds is 5. The summed E-state index contributed by atoms with van der Waals surface area (Å²) in [7, 11) is 0. The lowest BCUT2D eigenvalue weighted by Crippen LogP contribution is -2.44. The number of primary amides is 1. The van der Waals surface area contributed by atoms with E-state index in [-0.39, 0.29) is 17.1 Å². The predicted molar refractivity (Wildman–Crippen MR) is 95.0 cm³/mol. The van der Waals surface area contributed by atoms with E-state index >= 15 is 0 Å². The maximum absolute atomic E-state index is 11.0. The van der Waals surface area contributed by atoms with Crippen molar-refractivity contribution in [1.82, 2.24) is 20.2 Å². The summed E-state index contributed by atoms with van der Waals surface area (Å²) in [5, 5.41) is 12.2. The summed E-state index contributed by atoms with van der Waals surface area (Å²) in [5.41, 5.74) is 7.22. The Morgan fingerprint density at radius 3 is 2.67 bits per heavy atom. The smallest absolute Gasteiger partial charge is 0.245 e. The van der Waals surface area contributed by atoms with Gasteiger partial charge in [0.2, 0.25) is 11.9 Å². The third-order valence-electron chi connectivity index (χ3n) is 3.96. The molecule has 2 aromatic rings. The van der Waals surface area contributed by atoms with Crippen LogP contribution in [-0.2, 0) is 17.8 Å². The van der Waals surface area contributed by atoms with Crippen LogP contribution in [0.4, 0.5) is 5.95 Å². The lowest BCUT2D eigenvalue weighted by molar-refractivity contribution is -0.117. The number of hydrogen-bond donors (Lipinski definition) is 1. The van der Waals surface area contributed by atoms with Gasteiger partial charge in [-0.15, -0.1) is 0 Å². The first-order valence-electron chi connectivity index (χ1n) is 7.94. The van der Waals surface area contributed by atoms with E-state index in [0.29, 0.717) is 6.54 Å². The molecule has 0 spiro atoms. The second-order valence-corrected chi connectivity index (χ2v) is 8.43. The molecule has 8 heteroatoms. The Hall–Kier alpha value is -2.09. The first kappa shape index (κ1) is 16.8. The molecular weight excluding hydrogens is 324 g/mol. The Morgan fingerprint density at radius 2 is 2.00 bits per heavy atom. The van der Waals surface area contributed by atoms with Crippen molar-refractivity contribution in [3.8, 4) is 0 Å². The van der Waals surface area contributed by atoms with E-state index in [1.807, 2.05) is 40.7 Å². The van der Waals surface area contributed by atoms with E-state index in [1.165, 1.54) is 0 Å². The minimum atomic E-state index is -0.323. The van der Waals surface area contributed by atoms with E-state index in [9.17, 15) is 4.79 Å². The van der Waals surface area contributed by atoms with Gasteiger partial charge in [-0.1, -0.05) is 29.4 Å². The van der Waals surface area contributed by atoms with Crippen LogP contribution in [0.2, 0.25) is 0 Å². The number of thioether (sulfide) groups is 1. The van der Waals surface area contributed by atoms with Crippen LogP contribution in [0.25, 0.3) is 0 Å². The van der Waals surface area contributed by atoms with Crippen LogP contribution >= 0.6 is 11.8 Å². The number of tetrazole rings is 1. The average molecular weight is 346 g/mol. The molecule has 3 rings (SSSR count). The van der Waals surface area contributed by atoms with Gasteiger partial charge in [0, 0.05) is 23.6 Å². The molecule has 0 atom stereocenters. The van der Waals surface area contributed by atoms with Crippen LogP contribution in [0.15, 0.2) is 24.3 Å². The number of amides is 1. The van der Waals surface area contributed by atoms with Gasteiger partial charge in [0.1, 0.15) is 0 Å². The highest BCUT2D eigenvalue weighted by molar-refractivity contribution is 8.00. The summed E-state index contributed by atoms with van der Waals surface area (Å²) in [6, 6.07) is 7.81. The zero-order chi connectivity index (χ0) is 17.2. The van der Waals surface area contributed by atoms with Gasteiger partial charge >= 0.3 is 0 Å². The molecule has 1 aliphatic heterocycles. The van der Waals surface area contributed by atoms with Gasteiger partial charge in [-0.3, -0.25) is 4.79 Å². The molecule has 7 nitrogen and oxygen atoms in total. The number of hydrogen-bond acceptors (Lipinski definition) is 6. The topological polar surface area (TPSA) is 89.9 Å². The highest BCUT2D eigenvalue weighted by atomic mass is 32.2. The summed E-state index contributed by atoms with van der Waals surface area (Å²) in [6.07, 6.45) is 0.261. The molecule has 1 fully saturated rings. The van der Waals surface area contributed by atoms with Crippen molar-refractivity contribution >= 4 is 23.6 Å². The highest BCUT2D eigenvalue weighted by Crippen LogP contribution is 2.31. The van der Waals surface area contributed by atoms with Crippen molar-refractivity contribution in [3.63, 3.8) is 0 Å². The fourth-order valence-corrected chi connectivity index (χ4v) is 3.96. The molecule has 0 unspecified atom stereocenters. The molecule has 1 saturated heterocycles. The SMILES string of the molecule is CC1(C)CN(c2nnnn2Cc2ccc(CC(N)=O)cc2)CCS1. The molecule has 0 saturated carbocycles. The van der Waals surface area contributed by atoms with Crippen LogP contribution in [-0.4, -0.2) is 49.7 Å². The molecular formula is C16H22N6OS. The summed E-state index contributed by atoms with van der Waals surface area (Å²) in [5.74, 6) is 1.56. The van der Waals surface area contributed by atoms with Gasteiger partial charge in [0.05, 0.1) is 13.0 Å². The standard InChI is InChI=1S/C16H22N6OS/c1-16(2)11-21(7-8-24-16)15-18-19-20-22(15)10-13-5-3-12(4-6-13)9-14(17)23/h3-6H,7-11H2,1-2H3,(H2,17,23). The number of aromatic nitrogens is 4. The largest absolute Gasteiger partial charge is 0.369 e.